The predicted molar refractivity (Wildman–Crippen MR) is 102 cm³/mol. The zero-order valence-corrected chi connectivity index (χ0v) is 14.7. The van der Waals surface area contributed by atoms with Gasteiger partial charge in [0.25, 0.3) is 5.91 Å². The number of halogens is 2. The van der Waals surface area contributed by atoms with E-state index in [0.717, 1.165) is 16.9 Å². The molecule has 126 valence electrons. The molecule has 0 fully saturated rings. The molecule has 4 nitrogen and oxygen atoms in total. The minimum Gasteiger partial charge on any atom is -0.355 e. The van der Waals surface area contributed by atoms with E-state index in [-0.39, 0.29) is 5.91 Å². The third-order valence-electron chi connectivity index (χ3n) is 3.50. The molecule has 0 radical (unpaired) electrons. The molecule has 0 bridgehead atoms. The molecule has 25 heavy (non-hydrogen) atoms. The Labute approximate surface area is 155 Å². The Morgan fingerprint density at radius 1 is 0.960 bits per heavy atom. The van der Waals surface area contributed by atoms with Gasteiger partial charge in [0.15, 0.2) is 0 Å². The van der Waals surface area contributed by atoms with Crippen molar-refractivity contribution in [1.29, 1.82) is 0 Å². The predicted octanol–water partition coefficient (Wildman–Crippen LogP) is 5.06. The Morgan fingerprint density at radius 3 is 2.56 bits per heavy atom. The second kappa shape index (κ2) is 8.01. The summed E-state index contributed by atoms with van der Waals surface area (Å²) in [6, 6.07) is 18.2. The van der Waals surface area contributed by atoms with Gasteiger partial charge in [0, 0.05) is 34.2 Å². The fourth-order valence-electron chi connectivity index (χ4n) is 2.27. The van der Waals surface area contributed by atoms with Crippen molar-refractivity contribution in [3.63, 3.8) is 0 Å². The number of anilines is 2. The van der Waals surface area contributed by atoms with E-state index in [1.165, 1.54) is 0 Å². The molecule has 0 saturated heterocycles. The lowest BCUT2D eigenvalue weighted by molar-refractivity contribution is 0.0946. The molecule has 2 N–H and O–H groups in total. The number of carbonyl (C=O) groups excluding carboxylic acids is 1. The molecule has 1 heterocycles. The summed E-state index contributed by atoms with van der Waals surface area (Å²) in [6.07, 6.45) is 1.58. The first-order valence-corrected chi connectivity index (χ1v) is 8.38. The SMILES string of the molecule is O=C(NCc1ccccc1Cl)c1cc(Nc2cccc(Cl)c2)ccn1. The highest BCUT2D eigenvalue weighted by atomic mass is 35.5. The van der Waals surface area contributed by atoms with Gasteiger partial charge < -0.3 is 10.6 Å². The third-order valence-corrected chi connectivity index (χ3v) is 4.11. The summed E-state index contributed by atoms with van der Waals surface area (Å²) in [6.45, 7) is 0.339. The van der Waals surface area contributed by atoms with Crippen LogP contribution in [0, 0.1) is 0 Å². The van der Waals surface area contributed by atoms with Crippen LogP contribution in [0.1, 0.15) is 16.1 Å². The van der Waals surface area contributed by atoms with Crippen LogP contribution in [-0.2, 0) is 6.54 Å². The first kappa shape index (κ1) is 17.3. The molecule has 3 aromatic rings. The molecule has 0 saturated carbocycles. The van der Waals surface area contributed by atoms with Gasteiger partial charge in [-0.15, -0.1) is 0 Å². The van der Waals surface area contributed by atoms with Gasteiger partial charge in [0.1, 0.15) is 5.69 Å². The van der Waals surface area contributed by atoms with Crippen LogP contribution in [0.25, 0.3) is 0 Å². The second-order valence-corrected chi connectivity index (χ2v) is 6.18. The zero-order chi connectivity index (χ0) is 17.6. The Hall–Kier alpha value is -2.56. The van der Waals surface area contributed by atoms with Gasteiger partial charge in [-0.2, -0.15) is 0 Å². The summed E-state index contributed by atoms with van der Waals surface area (Å²) in [7, 11) is 0. The number of rotatable bonds is 5. The van der Waals surface area contributed by atoms with Crippen molar-refractivity contribution in [2.75, 3.05) is 5.32 Å². The van der Waals surface area contributed by atoms with E-state index in [1.807, 2.05) is 30.3 Å². The minimum atomic E-state index is -0.269. The van der Waals surface area contributed by atoms with E-state index in [2.05, 4.69) is 15.6 Å². The fraction of sp³-hybridized carbons (Fsp3) is 0.0526. The molecule has 0 aliphatic carbocycles. The highest BCUT2D eigenvalue weighted by Gasteiger charge is 2.09. The summed E-state index contributed by atoms with van der Waals surface area (Å²) >= 11 is 12.1. The molecule has 0 aliphatic heterocycles. The lowest BCUT2D eigenvalue weighted by Crippen LogP contribution is -2.24. The Morgan fingerprint density at radius 2 is 1.76 bits per heavy atom. The molecule has 0 spiro atoms. The van der Waals surface area contributed by atoms with Crippen LogP contribution in [0.2, 0.25) is 10.0 Å². The van der Waals surface area contributed by atoms with Crippen molar-refractivity contribution in [1.82, 2.24) is 10.3 Å². The van der Waals surface area contributed by atoms with Crippen LogP contribution in [0.3, 0.4) is 0 Å². The highest BCUT2D eigenvalue weighted by Crippen LogP contribution is 2.20. The van der Waals surface area contributed by atoms with Crippen molar-refractivity contribution in [2.45, 2.75) is 6.54 Å². The maximum absolute atomic E-state index is 12.3. The van der Waals surface area contributed by atoms with Gasteiger partial charge in [0.05, 0.1) is 0 Å². The van der Waals surface area contributed by atoms with Crippen molar-refractivity contribution in [3.8, 4) is 0 Å². The Kier molecular flexibility index (Phi) is 5.53. The van der Waals surface area contributed by atoms with Crippen molar-refractivity contribution >= 4 is 40.5 Å². The number of hydrogen-bond donors (Lipinski definition) is 2. The molecule has 0 atom stereocenters. The monoisotopic (exact) mass is 371 g/mol. The van der Waals surface area contributed by atoms with Crippen LogP contribution in [-0.4, -0.2) is 10.9 Å². The summed E-state index contributed by atoms with van der Waals surface area (Å²) < 4.78 is 0. The summed E-state index contributed by atoms with van der Waals surface area (Å²) in [5, 5.41) is 7.27. The standard InChI is InChI=1S/C19H15Cl2N3O/c20-14-5-3-6-15(10-14)24-16-8-9-22-18(11-16)19(25)23-12-13-4-1-2-7-17(13)21/h1-11H,12H2,(H,22,24)(H,23,25). The lowest BCUT2D eigenvalue weighted by Gasteiger charge is -2.09. The molecule has 0 aliphatic rings. The smallest absolute Gasteiger partial charge is 0.270 e. The number of amides is 1. The molecule has 2 aromatic carbocycles. The molecule has 6 heteroatoms. The van der Waals surface area contributed by atoms with Gasteiger partial charge in [-0.1, -0.05) is 47.5 Å². The second-order valence-electron chi connectivity index (χ2n) is 5.34. The van der Waals surface area contributed by atoms with E-state index in [0.29, 0.717) is 22.3 Å². The van der Waals surface area contributed by atoms with Gasteiger partial charge in [-0.3, -0.25) is 9.78 Å². The van der Waals surface area contributed by atoms with E-state index in [1.54, 1.807) is 36.5 Å². The average molecular weight is 372 g/mol. The molecular formula is C19H15Cl2N3O. The third kappa shape index (κ3) is 4.72. The summed E-state index contributed by atoms with van der Waals surface area (Å²) in [4.78, 5) is 16.4. The van der Waals surface area contributed by atoms with Crippen LogP contribution < -0.4 is 10.6 Å². The minimum absolute atomic E-state index is 0.269. The van der Waals surface area contributed by atoms with E-state index >= 15 is 0 Å². The Balaban J connectivity index is 1.68. The average Bonchev–Trinajstić information content (AvgIpc) is 2.61. The first-order chi connectivity index (χ1) is 12.1. The topological polar surface area (TPSA) is 54.0 Å². The number of nitrogens with one attached hydrogen (secondary N) is 2. The van der Waals surface area contributed by atoms with Crippen molar-refractivity contribution in [3.05, 3.63) is 88.2 Å². The number of benzene rings is 2. The van der Waals surface area contributed by atoms with Gasteiger partial charge in [-0.25, -0.2) is 0 Å². The summed E-state index contributed by atoms with van der Waals surface area (Å²) in [5.41, 5.74) is 2.76. The fourth-order valence-corrected chi connectivity index (χ4v) is 2.67. The van der Waals surface area contributed by atoms with E-state index in [9.17, 15) is 4.79 Å². The normalized spacial score (nSPS) is 10.3. The number of carbonyl (C=O) groups is 1. The van der Waals surface area contributed by atoms with Crippen molar-refractivity contribution < 1.29 is 4.79 Å². The number of aromatic nitrogens is 1. The molecule has 0 unspecified atom stereocenters. The number of hydrogen-bond acceptors (Lipinski definition) is 3. The van der Waals surface area contributed by atoms with Gasteiger partial charge in [0.2, 0.25) is 0 Å². The maximum Gasteiger partial charge on any atom is 0.270 e. The van der Waals surface area contributed by atoms with Crippen LogP contribution in [0.5, 0.6) is 0 Å². The van der Waals surface area contributed by atoms with Crippen LogP contribution in [0.4, 0.5) is 11.4 Å². The zero-order valence-electron chi connectivity index (χ0n) is 13.2. The molecule has 3 rings (SSSR count). The van der Waals surface area contributed by atoms with Gasteiger partial charge >= 0.3 is 0 Å². The van der Waals surface area contributed by atoms with Gasteiger partial charge in [-0.05, 0) is 42.0 Å². The maximum atomic E-state index is 12.3. The quantitative estimate of drug-likeness (QED) is 0.658. The number of nitrogens with zero attached hydrogens (tertiary/aromatic N) is 1. The van der Waals surface area contributed by atoms with E-state index in [4.69, 9.17) is 23.2 Å². The van der Waals surface area contributed by atoms with E-state index < -0.39 is 0 Å². The summed E-state index contributed by atoms with van der Waals surface area (Å²) in [5.74, 6) is -0.269. The number of pyridine rings is 1. The molecule has 1 aromatic heterocycles. The van der Waals surface area contributed by atoms with Crippen molar-refractivity contribution in [2.24, 2.45) is 0 Å². The molecule has 1 amide bonds. The lowest BCUT2D eigenvalue weighted by atomic mass is 10.2. The van der Waals surface area contributed by atoms with Crippen LogP contribution >= 0.6 is 23.2 Å². The Bertz CT molecular complexity index is 899. The largest absolute Gasteiger partial charge is 0.355 e. The molecular weight excluding hydrogens is 357 g/mol. The first-order valence-electron chi connectivity index (χ1n) is 7.62. The highest BCUT2D eigenvalue weighted by molar-refractivity contribution is 6.31. The van der Waals surface area contributed by atoms with Crippen LogP contribution in [0.15, 0.2) is 66.9 Å².